The molecule has 1 aromatic carbocycles. The largest absolute Gasteiger partial charge is 0.253 e. The number of benzene rings is 1. The molecule has 0 spiro atoms. The van der Waals surface area contributed by atoms with E-state index < -0.39 is 0 Å². The summed E-state index contributed by atoms with van der Waals surface area (Å²) in [5.74, 6) is 0.710. The highest BCUT2D eigenvalue weighted by Gasteiger charge is 2.06. The third-order valence-corrected chi connectivity index (χ3v) is 2.78. The molecule has 78 valence electrons. The minimum absolute atomic E-state index is 0.710. The summed E-state index contributed by atoms with van der Waals surface area (Å²) < 4.78 is 0. The van der Waals surface area contributed by atoms with Crippen LogP contribution in [-0.4, -0.2) is 5.71 Å². The normalized spacial score (nSPS) is 23.3. The van der Waals surface area contributed by atoms with Gasteiger partial charge in [0, 0.05) is 5.71 Å². The van der Waals surface area contributed by atoms with Crippen LogP contribution in [0.3, 0.4) is 0 Å². The second kappa shape index (κ2) is 4.43. The molecule has 15 heavy (non-hydrogen) atoms. The third-order valence-electron chi connectivity index (χ3n) is 2.78. The molecule has 0 saturated carbocycles. The van der Waals surface area contributed by atoms with Crippen molar-refractivity contribution in [1.29, 1.82) is 0 Å². The lowest BCUT2D eigenvalue weighted by molar-refractivity contribution is 0.660. The molecular formula is C14H17N. The average Bonchev–Trinajstić information content (AvgIpc) is 2.25. The van der Waals surface area contributed by atoms with Crippen LogP contribution in [-0.2, 0) is 0 Å². The maximum Gasteiger partial charge on any atom is 0.0633 e. The molecule has 1 unspecified atom stereocenters. The first-order valence-electron chi connectivity index (χ1n) is 5.56. The van der Waals surface area contributed by atoms with Gasteiger partial charge in [0.2, 0.25) is 0 Å². The molecule has 2 rings (SSSR count). The van der Waals surface area contributed by atoms with Crippen molar-refractivity contribution in [2.24, 2.45) is 10.9 Å². The van der Waals surface area contributed by atoms with Gasteiger partial charge in [0.15, 0.2) is 0 Å². The molecule has 1 atom stereocenters. The van der Waals surface area contributed by atoms with Crippen LogP contribution in [0.2, 0.25) is 0 Å². The van der Waals surface area contributed by atoms with Crippen molar-refractivity contribution in [3.63, 3.8) is 0 Å². The first kappa shape index (κ1) is 10.2. The van der Waals surface area contributed by atoms with E-state index in [9.17, 15) is 0 Å². The van der Waals surface area contributed by atoms with E-state index in [0.29, 0.717) is 5.92 Å². The van der Waals surface area contributed by atoms with Crippen molar-refractivity contribution >= 4 is 11.4 Å². The van der Waals surface area contributed by atoms with Gasteiger partial charge in [0.25, 0.3) is 0 Å². The van der Waals surface area contributed by atoms with Gasteiger partial charge in [0.1, 0.15) is 0 Å². The molecular weight excluding hydrogens is 182 g/mol. The maximum absolute atomic E-state index is 4.62. The summed E-state index contributed by atoms with van der Waals surface area (Å²) in [5, 5.41) is 0. The summed E-state index contributed by atoms with van der Waals surface area (Å²) in [6.45, 7) is 4.35. The van der Waals surface area contributed by atoms with Crippen LogP contribution in [0.25, 0.3) is 0 Å². The van der Waals surface area contributed by atoms with Crippen molar-refractivity contribution in [3.8, 4) is 0 Å². The lowest BCUT2D eigenvalue weighted by Gasteiger charge is -2.12. The van der Waals surface area contributed by atoms with Crippen molar-refractivity contribution < 1.29 is 0 Å². The van der Waals surface area contributed by atoms with Crippen LogP contribution in [0.5, 0.6) is 0 Å². The zero-order chi connectivity index (χ0) is 10.7. The molecule has 1 aliphatic rings. The Morgan fingerprint density at radius 1 is 1.20 bits per heavy atom. The molecule has 0 heterocycles. The molecule has 0 bridgehead atoms. The first-order valence-corrected chi connectivity index (χ1v) is 5.56. The fourth-order valence-electron chi connectivity index (χ4n) is 1.71. The number of aliphatic imine (C=N–C) groups is 1. The zero-order valence-electron chi connectivity index (χ0n) is 9.40. The first-order chi connectivity index (χ1) is 7.24. The second-order valence-electron chi connectivity index (χ2n) is 4.31. The van der Waals surface area contributed by atoms with Crippen molar-refractivity contribution in [2.45, 2.75) is 26.7 Å². The minimum Gasteiger partial charge on any atom is -0.253 e. The molecule has 1 aromatic rings. The number of nitrogens with zero attached hydrogens (tertiary/aromatic N) is 1. The van der Waals surface area contributed by atoms with E-state index in [4.69, 9.17) is 0 Å². The summed E-state index contributed by atoms with van der Waals surface area (Å²) in [4.78, 5) is 4.62. The molecule has 0 radical (unpaired) electrons. The summed E-state index contributed by atoms with van der Waals surface area (Å²) in [6.07, 6.45) is 6.73. The molecule has 0 aliphatic heterocycles. The Labute approximate surface area is 91.6 Å². The predicted octanol–water partition coefficient (Wildman–Crippen LogP) is 4.05. The van der Waals surface area contributed by atoms with Crippen LogP contribution in [0.15, 0.2) is 41.4 Å². The number of rotatable bonds is 1. The van der Waals surface area contributed by atoms with Gasteiger partial charge in [-0.3, -0.25) is 4.99 Å². The van der Waals surface area contributed by atoms with Gasteiger partial charge in [-0.25, -0.2) is 0 Å². The van der Waals surface area contributed by atoms with Gasteiger partial charge in [-0.05, 0) is 43.9 Å². The van der Waals surface area contributed by atoms with Gasteiger partial charge < -0.3 is 0 Å². The molecule has 1 nitrogen and oxygen atoms in total. The number of aryl methyl sites for hydroxylation is 1. The van der Waals surface area contributed by atoms with E-state index in [2.05, 4.69) is 55.3 Å². The van der Waals surface area contributed by atoms with Crippen molar-refractivity contribution in [1.82, 2.24) is 0 Å². The average molecular weight is 199 g/mol. The predicted molar refractivity (Wildman–Crippen MR) is 65.8 cm³/mol. The van der Waals surface area contributed by atoms with E-state index in [0.717, 1.165) is 12.1 Å². The Bertz CT molecular complexity index is 384. The molecule has 0 aromatic heterocycles. The molecule has 0 N–H and O–H groups in total. The molecule has 1 heteroatoms. The molecule has 0 saturated heterocycles. The Balaban J connectivity index is 2.16. The summed E-state index contributed by atoms with van der Waals surface area (Å²) in [6, 6.07) is 8.37. The highest BCUT2D eigenvalue weighted by atomic mass is 14.7. The fraction of sp³-hybridized carbons (Fsp3) is 0.357. The van der Waals surface area contributed by atoms with E-state index in [1.165, 1.54) is 17.7 Å². The maximum atomic E-state index is 4.62. The lowest BCUT2D eigenvalue weighted by atomic mass is 9.96. The van der Waals surface area contributed by atoms with E-state index in [1.807, 2.05) is 0 Å². The van der Waals surface area contributed by atoms with Crippen LogP contribution in [0.1, 0.15) is 25.3 Å². The Morgan fingerprint density at radius 2 is 1.93 bits per heavy atom. The summed E-state index contributed by atoms with van der Waals surface area (Å²) in [7, 11) is 0. The number of hydrogen-bond donors (Lipinski definition) is 0. The van der Waals surface area contributed by atoms with Crippen LogP contribution in [0, 0.1) is 12.8 Å². The summed E-state index contributed by atoms with van der Waals surface area (Å²) in [5.41, 5.74) is 3.55. The molecule has 1 aliphatic carbocycles. The Kier molecular flexibility index (Phi) is 3.00. The van der Waals surface area contributed by atoms with Gasteiger partial charge in [-0.2, -0.15) is 0 Å². The van der Waals surface area contributed by atoms with Crippen LogP contribution >= 0.6 is 0 Å². The minimum atomic E-state index is 0.710. The standard InChI is InChI=1S/C14H17N/c1-11-3-7-13(8-4-11)15-14-9-5-12(2)6-10-14/h3-5,7-9,12H,6,10H2,1-2H3. The van der Waals surface area contributed by atoms with Gasteiger partial charge in [0.05, 0.1) is 5.69 Å². The van der Waals surface area contributed by atoms with Gasteiger partial charge in [-0.15, -0.1) is 0 Å². The van der Waals surface area contributed by atoms with E-state index in [-0.39, 0.29) is 0 Å². The third kappa shape index (κ3) is 2.79. The quantitative estimate of drug-likeness (QED) is 0.647. The van der Waals surface area contributed by atoms with Crippen LogP contribution < -0.4 is 0 Å². The van der Waals surface area contributed by atoms with E-state index >= 15 is 0 Å². The highest BCUT2D eigenvalue weighted by molar-refractivity contribution is 5.97. The van der Waals surface area contributed by atoms with Crippen molar-refractivity contribution in [2.75, 3.05) is 0 Å². The SMILES string of the molecule is Cc1ccc(N=C2C=CC(C)CC2)cc1. The monoisotopic (exact) mass is 199 g/mol. The van der Waals surface area contributed by atoms with Crippen LogP contribution in [0.4, 0.5) is 5.69 Å². The van der Waals surface area contributed by atoms with Gasteiger partial charge >= 0.3 is 0 Å². The molecule has 0 amide bonds. The Hall–Kier alpha value is -1.37. The fourth-order valence-corrected chi connectivity index (χ4v) is 1.71. The number of hydrogen-bond acceptors (Lipinski definition) is 1. The zero-order valence-corrected chi connectivity index (χ0v) is 9.40. The van der Waals surface area contributed by atoms with Crippen molar-refractivity contribution in [3.05, 3.63) is 42.0 Å². The Morgan fingerprint density at radius 3 is 2.53 bits per heavy atom. The lowest BCUT2D eigenvalue weighted by Crippen LogP contribution is -2.04. The second-order valence-corrected chi connectivity index (χ2v) is 4.31. The number of allylic oxidation sites excluding steroid dienone is 2. The summed E-state index contributed by atoms with van der Waals surface area (Å²) >= 11 is 0. The topological polar surface area (TPSA) is 12.4 Å². The van der Waals surface area contributed by atoms with E-state index in [1.54, 1.807) is 0 Å². The highest BCUT2D eigenvalue weighted by Crippen LogP contribution is 2.19. The molecule has 0 fully saturated rings. The smallest absolute Gasteiger partial charge is 0.0633 e. The van der Waals surface area contributed by atoms with Gasteiger partial charge in [-0.1, -0.05) is 30.7 Å².